The molecule has 3 aromatic rings. The highest BCUT2D eigenvalue weighted by atomic mass is 16.3. The quantitative estimate of drug-likeness (QED) is 0.354. The van der Waals surface area contributed by atoms with Crippen LogP contribution in [0.4, 0.5) is 0 Å². The van der Waals surface area contributed by atoms with E-state index in [4.69, 9.17) is 0 Å². The second kappa shape index (κ2) is 10.4. The highest BCUT2D eigenvalue weighted by molar-refractivity contribution is 5.95. The van der Waals surface area contributed by atoms with Crippen molar-refractivity contribution < 1.29 is 15.0 Å². The summed E-state index contributed by atoms with van der Waals surface area (Å²) in [6.45, 7) is 4.13. The second-order valence-corrected chi connectivity index (χ2v) is 8.45. The van der Waals surface area contributed by atoms with Crippen molar-refractivity contribution in [2.45, 2.75) is 32.4 Å². The number of benzene rings is 3. The predicted octanol–water partition coefficient (Wildman–Crippen LogP) is 5.05. The van der Waals surface area contributed by atoms with Crippen LogP contribution in [0.5, 0.6) is 11.5 Å². The lowest BCUT2D eigenvalue weighted by Gasteiger charge is -2.35. The lowest BCUT2D eigenvalue weighted by atomic mass is 9.92. The van der Waals surface area contributed by atoms with E-state index in [1.54, 1.807) is 12.1 Å². The standard InChI is InChI=1S/C28H30N2O3/c1-20-25-18-27(32)26(31)17-22(25)14-16-30(20)19-23-12-5-6-13-24(23)28(33)29-15-8-7-11-21-9-3-2-4-10-21/h2-7,9-13,17-18,20,31-32H,8,14-16,19H2,1H3,(H,29,33)/b11-7+. The van der Waals surface area contributed by atoms with E-state index < -0.39 is 0 Å². The first-order chi connectivity index (χ1) is 16.0. The van der Waals surface area contributed by atoms with Gasteiger partial charge in [-0.3, -0.25) is 9.69 Å². The molecule has 3 N–H and O–H groups in total. The molecule has 5 nitrogen and oxygen atoms in total. The van der Waals surface area contributed by atoms with Gasteiger partial charge in [-0.15, -0.1) is 0 Å². The number of nitrogens with zero attached hydrogens (tertiary/aromatic N) is 1. The SMILES string of the molecule is CC1c2cc(O)c(O)cc2CCN1Cc1ccccc1C(=O)NCC/C=C/c1ccccc1. The molecule has 1 aliphatic heterocycles. The Balaban J connectivity index is 1.38. The van der Waals surface area contributed by atoms with Gasteiger partial charge in [-0.1, -0.05) is 60.7 Å². The second-order valence-electron chi connectivity index (χ2n) is 8.45. The van der Waals surface area contributed by atoms with E-state index in [-0.39, 0.29) is 23.4 Å². The van der Waals surface area contributed by atoms with Crippen LogP contribution in [-0.4, -0.2) is 34.1 Å². The predicted molar refractivity (Wildman–Crippen MR) is 131 cm³/mol. The van der Waals surface area contributed by atoms with Crippen LogP contribution < -0.4 is 5.32 Å². The molecule has 0 radical (unpaired) electrons. The molecule has 4 rings (SSSR count). The Morgan fingerprint density at radius 3 is 2.61 bits per heavy atom. The molecule has 1 amide bonds. The van der Waals surface area contributed by atoms with Crippen LogP contribution in [0.15, 0.2) is 72.8 Å². The molecule has 3 aromatic carbocycles. The van der Waals surface area contributed by atoms with Crippen LogP contribution in [-0.2, 0) is 13.0 Å². The highest BCUT2D eigenvalue weighted by Gasteiger charge is 2.26. The van der Waals surface area contributed by atoms with Crippen molar-refractivity contribution in [2.24, 2.45) is 0 Å². The summed E-state index contributed by atoms with van der Waals surface area (Å²) in [5.41, 5.74) is 4.89. The Morgan fingerprint density at radius 2 is 1.79 bits per heavy atom. The smallest absolute Gasteiger partial charge is 0.251 e. The van der Waals surface area contributed by atoms with Gasteiger partial charge in [0.15, 0.2) is 11.5 Å². The van der Waals surface area contributed by atoms with Gasteiger partial charge in [-0.05, 0) is 60.2 Å². The fourth-order valence-electron chi connectivity index (χ4n) is 4.36. The summed E-state index contributed by atoms with van der Waals surface area (Å²) < 4.78 is 0. The number of carbonyl (C=O) groups is 1. The zero-order valence-corrected chi connectivity index (χ0v) is 18.9. The Kier molecular flexibility index (Phi) is 7.10. The Morgan fingerprint density at radius 1 is 1.06 bits per heavy atom. The summed E-state index contributed by atoms with van der Waals surface area (Å²) in [6.07, 6.45) is 5.68. The van der Waals surface area contributed by atoms with Gasteiger partial charge in [-0.25, -0.2) is 0 Å². The van der Waals surface area contributed by atoms with Crippen LogP contribution in [0.1, 0.15) is 52.0 Å². The molecular weight excluding hydrogens is 412 g/mol. The first-order valence-electron chi connectivity index (χ1n) is 11.4. The number of hydrogen-bond acceptors (Lipinski definition) is 4. The molecule has 0 spiro atoms. The van der Waals surface area contributed by atoms with Crippen LogP contribution in [0.25, 0.3) is 6.08 Å². The molecule has 170 valence electrons. The topological polar surface area (TPSA) is 72.8 Å². The number of carbonyl (C=O) groups excluding carboxylic acids is 1. The van der Waals surface area contributed by atoms with E-state index in [0.29, 0.717) is 18.7 Å². The number of nitrogens with one attached hydrogen (secondary N) is 1. The molecule has 0 fully saturated rings. The summed E-state index contributed by atoms with van der Waals surface area (Å²) in [4.78, 5) is 15.2. The van der Waals surface area contributed by atoms with E-state index in [1.165, 1.54) is 0 Å². The third-order valence-electron chi connectivity index (χ3n) is 6.24. The number of amides is 1. The molecule has 0 saturated carbocycles. The first-order valence-corrected chi connectivity index (χ1v) is 11.4. The minimum atomic E-state index is -0.0939. The number of rotatable bonds is 7. The fourth-order valence-corrected chi connectivity index (χ4v) is 4.36. The highest BCUT2D eigenvalue weighted by Crippen LogP contribution is 2.37. The van der Waals surface area contributed by atoms with Crippen LogP contribution in [0, 0.1) is 0 Å². The van der Waals surface area contributed by atoms with Gasteiger partial charge in [-0.2, -0.15) is 0 Å². The van der Waals surface area contributed by atoms with Crippen molar-refractivity contribution in [1.82, 2.24) is 10.2 Å². The van der Waals surface area contributed by atoms with Gasteiger partial charge in [0.2, 0.25) is 0 Å². The monoisotopic (exact) mass is 442 g/mol. The van der Waals surface area contributed by atoms with Gasteiger partial charge < -0.3 is 15.5 Å². The molecule has 0 aromatic heterocycles. The molecular formula is C28H30N2O3. The molecule has 5 heteroatoms. The van der Waals surface area contributed by atoms with E-state index >= 15 is 0 Å². The number of fused-ring (bicyclic) bond motifs is 1. The van der Waals surface area contributed by atoms with Gasteiger partial charge in [0.05, 0.1) is 0 Å². The van der Waals surface area contributed by atoms with E-state index in [0.717, 1.165) is 41.6 Å². The average molecular weight is 443 g/mol. The molecule has 1 atom stereocenters. The Hall–Kier alpha value is -3.57. The number of aromatic hydroxyl groups is 2. The van der Waals surface area contributed by atoms with E-state index in [2.05, 4.69) is 41.4 Å². The van der Waals surface area contributed by atoms with Crippen molar-refractivity contribution in [2.75, 3.05) is 13.1 Å². The van der Waals surface area contributed by atoms with Crippen molar-refractivity contribution >= 4 is 12.0 Å². The summed E-state index contributed by atoms with van der Waals surface area (Å²) in [5.74, 6) is -0.232. The van der Waals surface area contributed by atoms with Gasteiger partial charge >= 0.3 is 0 Å². The maximum Gasteiger partial charge on any atom is 0.251 e. The van der Waals surface area contributed by atoms with Crippen molar-refractivity contribution in [3.8, 4) is 11.5 Å². The molecule has 0 bridgehead atoms. The molecule has 0 saturated heterocycles. The number of phenols is 2. The third-order valence-corrected chi connectivity index (χ3v) is 6.24. The lowest BCUT2D eigenvalue weighted by molar-refractivity contribution is 0.0951. The third kappa shape index (κ3) is 5.44. The largest absolute Gasteiger partial charge is 0.504 e. The van der Waals surface area contributed by atoms with Crippen molar-refractivity contribution in [1.29, 1.82) is 0 Å². The lowest BCUT2D eigenvalue weighted by Crippen LogP contribution is -2.34. The zero-order valence-electron chi connectivity index (χ0n) is 18.9. The Bertz CT molecular complexity index is 1140. The zero-order chi connectivity index (χ0) is 23.2. The number of hydrogen-bond donors (Lipinski definition) is 3. The Labute approximate surface area is 195 Å². The maximum absolute atomic E-state index is 12.9. The minimum absolute atomic E-state index is 0.0636. The summed E-state index contributed by atoms with van der Waals surface area (Å²) in [5, 5.41) is 22.8. The van der Waals surface area contributed by atoms with Gasteiger partial charge in [0, 0.05) is 31.2 Å². The van der Waals surface area contributed by atoms with Crippen molar-refractivity contribution in [3.63, 3.8) is 0 Å². The van der Waals surface area contributed by atoms with Crippen molar-refractivity contribution in [3.05, 3.63) is 101 Å². The molecule has 1 unspecified atom stereocenters. The fraction of sp³-hybridized carbons (Fsp3) is 0.250. The summed E-state index contributed by atoms with van der Waals surface area (Å²) in [7, 11) is 0. The number of phenolic OH excluding ortho intramolecular Hbond substituents is 2. The van der Waals surface area contributed by atoms with E-state index in [1.807, 2.05) is 42.5 Å². The maximum atomic E-state index is 12.9. The minimum Gasteiger partial charge on any atom is -0.504 e. The van der Waals surface area contributed by atoms with Crippen LogP contribution in [0.3, 0.4) is 0 Å². The van der Waals surface area contributed by atoms with Crippen LogP contribution >= 0.6 is 0 Å². The molecule has 33 heavy (non-hydrogen) atoms. The summed E-state index contributed by atoms with van der Waals surface area (Å²) in [6, 6.07) is 21.2. The summed E-state index contributed by atoms with van der Waals surface area (Å²) >= 11 is 0. The molecule has 1 heterocycles. The normalized spacial score (nSPS) is 16.0. The van der Waals surface area contributed by atoms with Crippen LogP contribution in [0.2, 0.25) is 0 Å². The van der Waals surface area contributed by atoms with E-state index in [9.17, 15) is 15.0 Å². The van der Waals surface area contributed by atoms with Gasteiger partial charge in [0.1, 0.15) is 0 Å². The first kappa shape index (κ1) is 22.6. The molecule has 0 aliphatic carbocycles. The van der Waals surface area contributed by atoms with Gasteiger partial charge in [0.25, 0.3) is 5.91 Å². The average Bonchev–Trinajstić information content (AvgIpc) is 2.83. The molecule has 1 aliphatic rings.